The van der Waals surface area contributed by atoms with Gasteiger partial charge in [0.1, 0.15) is 4.90 Å². The Morgan fingerprint density at radius 1 is 1.38 bits per heavy atom. The number of hydrogen-bond acceptors (Lipinski definition) is 4. The number of sulfonamides is 1. The molecule has 8 heteroatoms. The van der Waals surface area contributed by atoms with E-state index in [1.165, 1.54) is 12.4 Å². The van der Waals surface area contributed by atoms with Crippen LogP contribution in [0, 0.1) is 0 Å². The van der Waals surface area contributed by atoms with Crippen LogP contribution in [-0.2, 0) is 16.6 Å². The Hall–Kier alpha value is -1.38. The van der Waals surface area contributed by atoms with E-state index in [1.54, 1.807) is 12.1 Å². The van der Waals surface area contributed by atoms with Crippen molar-refractivity contribution in [3.05, 3.63) is 40.6 Å². The average Bonchev–Trinajstić information content (AvgIpc) is 2.93. The number of H-pyrrole nitrogens is 1. The summed E-state index contributed by atoms with van der Waals surface area (Å²) in [6, 6.07) is 5.30. The molecule has 6 nitrogen and oxygen atoms in total. The summed E-state index contributed by atoms with van der Waals surface area (Å²) in [6.07, 6.45) is 3.93. The van der Waals surface area contributed by atoms with Crippen LogP contribution >= 0.6 is 15.9 Å². The summed E-state index contributed by atoms with van der Waals surface area (Å²) in [4.78, 5) is 0.208. The maximum Gasteiger partial charge on any atom is 0.263 e. The van der Waals surface area contributed by atoms with E-state index in [9.17, 15) is 8.42 Å². The molecule has 1 aromatic carbocycles. The minimum atomic E-state index is -3.65. The number of rotatable bonds is 7. The molecule has 2 aromatic rings. The molecule has 3 N–H and O–H groups in total. The summed E-state index contributed by atoms with van der Waals surface area (Å²) >= 11 is 3.29. The van der Waals surface area contributed by atoms with Gasteiger partial charge in [0.05, 0.1) is 11.9 Å². The van der Waals surface area contributed by atoms with E-state index in [0.29, 0.717) is 16.7 Å². The van der Waals surface area contributed by atoms with Gasteiger partial charge in [-0.2, -0.15) is 5.10 Å². The van der Waals surface area contributed by atoms with Gasteiger partial charge in [-0.1, -0.05) is 13.0 Å². The van der Waals surface area contributed by atoms with E-state index in [0.717, 1.165) is 18.5 Å². The highest BCUT2D eigenvalue weighted by molar-refractivity contribution is 9.10. The zero-order valence-electron chi connectivity index (χ0n) is 11.6. The molecule has 0 saturated carbocycles. The van der Waals surface area contributed by atoms with Crippen LogP contribution in [0.15, 0.2) is 40.0 Å². The van der Waals surface area contributed by atoms with Crippen molar-refractivity contribution in [1.29, 1.82) is 0 Å². The van der Waals surface area contributed by atoms with E-state index >= 15 is 0 Å². The van der Waals surface area contributed by atoms with Gasteiger partial charge in [0, 0.05) is 17.2 Å². The van der Waals surface area contributed by atoms with Crippen molar-refractivity contribution in [3.63, 3.8) is 0 Å². The molecule has 0 radical (unpaired) electrons. The number of halogens is 1. The largest absolute Gasteiger partial charge is 0.313 e. The Morgan fingerprint density at radius 2 is 2.19 bits per heavy atom. The van der Waals surface area contributed by atoms with Crippen LogP contribution in [0.2, 0.25) is 0 Å². The Kier molecular flexibility index (Phi) is 5.38. The van der Waals surface area contributed by atoms with E-state index in [-0.39, 0.29) is 4.90 Å². The monoisotopic (exact) mass is 372 g/mol. The Balaban J connectivity index is 2.22. The Bertz CT molecular complexity index is 686. The number of nitrogens with zero attached hydrogens (tertiary/aromatic N) is 1. The van der Waals surface area contributed by atoms with Crippen molar-refractivity contribution in [3.8, 4) is 0 Å². The predicted octanol–water partition coefficient (Wildman–Crippen LogP) is 2.47. The van der Waals surface area contributed by atoms with Crippen LogP contribution in [0.4, 0.5) is 5.69 Å². The molecule has 2 rings (SSSR count). The van der Waals surface area contributed by atoms with Crippen molar-refractivity contribution < 1.29 is 8.42 Å². The quantitative estimate of drug-likeness (QED) is 0.651. The van der Waals surface area contributed by atoms with Crippen molar-refractivity contribution in [2.24, 2.45) is 0 Å². The topological polar surface area (TPSA) is 86.9 Å². The lowest BCUT2D eigenvalue weighted by Crippen LogP contribution is -2.16. The van der Waals surface area contributed by atoms with Gasteiger partial charge >= 0.3 is 0 Å². The molecule has 0 amide bonds. The van der Waals surface area contributed by atoms with Gasteiger partial charge in [0.2, 0.25) is 0 Å². The van der Waals surface area contributed by atoms with E-state index in [1.807, 2.05) is 6.07 Å². The molecule has 0 bridgehead atoms. The summed E-state index contributed by atoms with van der Waals surface area (Å²) < 4.78 is 27.8. The fourth-order valence-corrected chi connectivity index (χ4v) is 3.84. The predicted molar refractivity (Wildman–Crippen MR) is 85.5 cm³/mol. The third kappa shape index (κ3) is 4.29. The smallest absolute Gasteiger partial charge is 0.263 e. The highest BCUT2D eigenvalue weighted by Crippen LogP contribution is 2.25. The second-order valence-electron chi connectivity index (χ2n) is 4.53. The molecular weight excluding hydrogens is 356 g/mol. The first-order chi connectivity index (χ1) is 10.0. The van der Waals surface area contributed by atoms with Crippen LogP contribution in [0.3, 0.4) is 0 Å². The molecule has 0 unspecified atom stereocenters. The first-order valence-electron chi connectivity index (χ1n) is 6.53. The zero-order chi connectivity index (χ0) is 15.3. The Labute approximate surface area is 132 Å². The van der Waals surface area contributed by atoms with E-state index in [2.05, 4.69) is 43.1 Å². The fraction of sp³-hybridized carbons (Fsp3) is 0.308. The summed E-state index contributed by atoms with van der Waals surface area (Å²) in [5.74, 6) is 0. The molecule has 1 heterocycles. The maximum atomic E-state index is 12.4. The van der Waals surface area contributed by atoms with Crippen LogP contribution in [-0.4, -0.2) is 25.2 Å². The Morgan fingerprint density at radius 3 is 2.86 bits per heavy atom. The molecule has 0 aliphatic rings. The molecule has 21 heavy (non-hydrogen) atoms. The number of benzene rings is 1. The van der Waals surface area contributed by atoms with Crippen LogP contribution in [0.25, 0.3) is 0 Å². The summed E-state index contributed by atoms with van der Waals surface area (Å²) in [6.45, 7) is 3.61. The fourth-order valence-electron chi connectivity index (χ4n) is 1.79. The van der Waals surface area contributed by atoms with Crippen LogP contribution in [0.5, 0.6) is 0 Å². The molecule has 0 spiro atoms. The van der Waals surface area contributed by atoms with Gasteiger partial charge in [-0.05, 0) is 46.6 Å². The van der Waals surface area contributed by atoms with Gasteiger partial charge in [-0.25, -0.2) is 8.42 Å². The molecule has 114 valence electrons. The molecule has 0 fully saturated rings. The number of aromatic nitrogens is 2. The first-order valence-corrected chi connectivity index (χ1v) is 8.81. The SMILES string of the molecule is CCCNCc1ccc(Br)c(S(=O)(=O)Nc2cn[nH]c2)c1. The lowest BCUT2D eigenvalue weighted by atomic mass is 10.2. The molecule has 0 atom stereocenters. The zero-order valence-corrected chi connectivity index (χ0v) is 14.0. The molecular formula is C13H17BrN4O2S. The van der Waals surface area contributed by atoms with Gasteiger partial charge in [0.15, 0.2) is 0 Å². The lowest BCUT2D eigenvalue weighted by Gasteiger charge is -2.10. The third-order valence-electron chi connectivity index (χ3n) is 2.79. The first kappa shape index (κ1) is 16.0. The van der Waals surface area contributed by atoms with Gasteiger partial charge in [0.25, 0.3) is 10.0 Å². The second kappa shape index (κ2) is 7.06. The number of anilines is 1. The number of nitrogens with one attached hydrogen (secondary N) is 3. The molecule has 0 aliphatic heterocycles. The molecule has 0 aliphatic carbocycles. The lowest BCUT2D eigenvalue weighted by molar-refractivity contribution is 0.600. The number of hydrogen-bond donors (Lipinski definition) is 3. The third-order valence-corrected chi connectivity index (χ3v) is 5.17. The summed E-state index contributed by atoms with van der Waals surface area (Å²) in [5, 5.41) is 9.53. The standard InChI is InChI=1S/C13H17BrN4O2S/c1-2-5-15-7-10-3-4-12(14)13(6-10)21(19,20)18-11-8-16-17-9-11/h3-4,6,8-9,15,18H,2,5,7H2,1H3,(H,16,17). The van der Waals surface area contributed by atoms with Gasteiger partial charge < -0.3 is 5.32 Å². The summed E-state index contributed by atoms with van der Waals surface area (Å²) in [5.41, 5.74) is 1.32. The van der Waals surface area contributed by atoms with Crippen molar-refractivity contribution in [2.75, 3.05) is 11.3 Å². The van der Waals surface area contributed by atoms with Crippen molar-refractivity contribution in [1.82, 2.24) is 15.5 Å². The molecule has 0 saturated heterocycles. The van der Waals surface area contributed by atoms with Crippen molar-refractivity contribution >= 4 is 31.6 Å². The van der Waals surface area contributed by atoms with Crippen molar-refractivity contribution in [2.45, 2.75) is 24.8 Å². The van der Waals surface area contributed by atoms with E-state index in [4.69, 9.17) is 0 Å². The molecule has 1 aromatic heterocycles. The highest BCUT2D eigenvalue weighted by atomic mass is 79.9. The highest BCUT2D eigenvalue weighted by Gasteiger charge is 2.18. The van der Waals surface area contributed by atoms with E-state index < -0.39 is 10.0 Å². The number of aromatic amines is 1. The normalized spacial score (nSPS) is 11.5. The minimum Gasteiger partial charge on any atom is -0.313 e. The minimum absolute atomic E-state index is 0.208. The second-order valence-corrected chi connectivity index (χ2v) is 7.04. The van der Waals surface area contributed by atoms with Gasteiger partial charge in [-0.3, -0.25) is 9.82 Å². The average molecular weight is 373 g/mol. The summed E-state index contributed by atoms with van der Waals surface area (Å²) in [7, 11) is -3.65. The van der Waals surface area contributed by atoms with Crippen LogP contribution in [0.1, 0.15) is 18.9 Å². The van der Waals surface area contributed by atoms with Gasteiger partial charge in [-0.15, -0.1) is 0 Å². The maximum absolute atomic E-state index is 12.4. The van der Waals surface area contributed by atoms with Crippen LogP contribution < -0.4 is 10.0 Å².